The molecule has 3 atom stereocenters. The number of carboxylic acid groups (broad SMARTS) is 1. The molecule has 0 spiro atoms. The van der Waals surface area contributed by atoms with E-state index in [9.17, 15) is 4.79 Å². The van der Waals surface area contributed by atoms with Gasteiger partial charge >= 0.3 is 6.09 Å². The number of amides is 1. The van der Waals surface area contributed by atoms with Gasteiger partial charge in [-0.05, 0) is 38.5 Å². The van der Waals surface area contributed by atoms with E-state index in [2.05, 4.69) is 44.8 Å². The molecule has 0 saturated carbocycles. The van der Waals surface area contributed by atoms with E-state index in [1.165, 1.54) is 0 Å². The minimum atomic E-state index is -0.914. The number of ether oxygens (including phenoxy) is 1. The van der Waals surface area contributed by atoms with Crippen LogP contribution >= 0.6 is 0 Å². The predicted octanol–water partition coefficient (Wildman–Crippen LogP) is 2.70. The maximum atomic E-state index is 11.1. The second-order valence-corrected chi connectivity index (χ2v) is 8.15. The van der Waals surface area contributed by atoms with Crippen molar-refractivity contribution in [3.8, 4) is 0 Å². The molecule has 2 aliphatic heterocycles. The van der Waals surface area contributed by atoms with Gasteiger partial charge in [-0.15, -0.1) is 0 Å². The summed E-state index contributed by atoms with van der Waals surface area (Å²) in [6.07, 6.45) is 2.03. The lowest BCUT2D eigenvalue weighted by atomic mass is 9.81. The number of hydrogen-bond acceptors (Lipinski definition) is 3. The van der Waals surface area contributed by atoms with Gasteiger partial charge in [0.2, 0.25) is 0 Å². The third kappa shape index (κ3) is 3.89. The molecule has 5 nitrogen and oxygen atoms in total. The lowest BCUT2D eigenvalue weighted by Gasteiger charge is -2.46. The summed E-state index contributed by atoms with van der Waals surface area (Å²) in [7, 11) is 0. The van der Waals surface area contributed by atoms with Crippen molar-refractivity contribution < 1.29 is 14.6 Å². The fraction of sp³-hybridized carbons (Fsp3) is 0.938. The van der Waals surface area contributed by atoms with E-state index in [1.807, 2.05) is 0 Å². The molecule has 0 radical (unpaired) electrons. The average Bonchev–Trinajstić information content (AvgIpc) is 2.70. The molecule has 1 amide bonds. The standard InChI is InChI=1S/C16H30N2O3/c1-15(2,3)13-12(17-14(19)20)6-8-18(13)11-7-9-21-16(4,5)10-11/h11-13,17H,6-10H2,1-5H3,(H,19,20)/t11?,12-,13?/m1/s1. The van der Waals surface area contributed by atoms with Gasteiger partial charge in [0.25, 0.3) is 0 Å². The van der Waals surface area contributed by atoms with Gasteiger partial charge in [-0.1, -0.05) is 20.8 Å². The van der Waals surface area contributed by atoms with Crippen LogP contribution in [0.25, 0.3) is 0 Å². The highest BCUT2D eigenvalue weighted by molar-refractivity contribution is 5.65. The van der Waals surface area contributed by atoms with Gasteiger partial charge in [-0.3, -0.25) is 4.90 Å². The van der Waals surface area contributed by atoms with Crippen LogP contribution in [-0.2, 0) is 4.74 Å². The minimum absolute atomic E-state index is 0.0217. The van der Waals surface area contributed by atoms with Crippen LogP contribution in [0.2, 0.25) is 0 Å². The summed E-state index contributed by atoms with van der Waals surface area (Å²) in [5, 5.41) is 11.8. The van der Waals surface area contributed by atoms with E-state index in [4.69, 9.17) is 9.84 Å². The van der Waals surface area contributed by atoms with Gasteiger partial charge in [0.1, 0.15) is 0 Å². The monoisotopic (exact) mass is 298 g/mol. The molecule has 0 aliphatic carbocycles. The van der Waals surface area contributed by atoms with Gasteiger partial charge in [0, 0.05) is 31.3 Å². The van der Waals surface area contributed by atoms with Crippen molar-refractivity contribution >= 4 is 6.09 Å². The fourth-order valence-corrected chi connectivity index (χ4v) is 4.12. The van der Waals surface area contributed by atoms with Crippen molar-refractivity contribution in [1.82, 2.24) is 10.2 Å². The maximum absolute atomic E-state index is 11.1. The molecule has 2 fully saturated rings. The third-order valence-electron chi connectivity index (χ3n) is 4.77. The van der Waals surface area contributed by atoms with Gasteiger partial charge in [-0.2, -0.15) is 0 Å². The van der Waals surface area contributed by atoms with E-state index in [-0.39, 0.29) is 23.1 Å². The Bertz CT molecular complexity index is 389. The van der Waals surface area contributed by atoms with Crippen LogP contribution in [0.15, 0.2) is 0 Å². The summed E-state index contributed by atoms with van der Waals surface area (Å²) >= 11 is 0. The molecule has 0 aromatic carbocycles. The lowest BCUT2D eigenvalue weighted by Crippen LogP contribution is -2.56. The number of nitrogens with zero attached hydrogens (tertiary/aromatic N) is 1. The van der Waals surface area contributed by atoms with Crippen LogP contribution in [0.1, 0.15) is 53.9 Å². The molecule has 2 heterocycles. The van der Waals surface area contributed by atoms with Crippen molar-refractivity contribution in [2.75, 3.05) is 13.2 Å². The summed E-state index contributed by atoms with van der Waals surface area (Å²) in [5.41, 5.74) is -0.0320. The van der Waals surface area contributed by atoms with Crippen molar-refractivity contribution in [2.24, 2.45) is 5.41 Å². The molecule has 2 rings (SSSR count). The van der Waals surface area contributed by atoms with Crippen molar-refractivity contribution in [1.29, 1.82) is 0 Å². The predicted molar refractivity (Wildman–Crippen MR) is 82.6 cm³/mol. The lowest BCUT2D eigenvalue weighted by molar-refractivity contribution is -0.0913. The Kier molecular flexibility index (Phi) is 4.54. The highest BCUT2D eigenvalue weighted by Crippen LogP contribution is 2.38. The van der Waals surface area contributed by atoms with Crippen molar-refractivity contribution in [2.45, 2.75) is 77.6 Å². The quantitative estimate of drug-likeness (QED) is 0.823. The average molecular weight is 298 g/mol. The van der Waals surface area contributed by atoms with Crippen molar-refractivity contribution in [3.63, 3.8) is 0 Å². The molecule has 0 aromatic rings. The van der Waals surface area contributed by atoms with Crippen LogP contribution in [0.3, 0.4) is 0 Å². The summed E-state index contributed by atoms with van der Waals surface area (Å²) in [6.45, 7) is 12.7. The van der Waals surface area contributed by atoms with Gasteiger partial charge in [-0.25, -0.2) is 4.79 Å². The Hall–Kier alpha value is -0.810. The van der Waals surface area contributed by atoms with E-state index >= 15 is 0 Å². The summed E-state index contributed by atoms with van der Waals surface area (Å²) in [4.78, 5) is 13.6. The Labute approximate surface area is 128 Å². The molecule has 0 aromatic heterocycles. The molecule has 5 heteroatoms. The molecule has 2 N–H and O–H groups in total. The molecular formula is C16H30N2O3. The number of nitrogens with one attached hydrogen (secondary N) is 1. The first-order chi connectivity index (χ1) is 9.60. The normalized spacial score (nSPS) is 33.9. The highest BCUT2D eigenvalue weighted by atomic mass is 16.5. The summed E-state index contributed by atoms with van der Waals surface area (Å²) < 4.78 is 5.83. The number of hydrogen-bond donors (Lipinski definition) is 2. The van der Waals surface area contributed by atoms with Gasteiger partial charge in [0.15, 0.2) is 0 Å². The Morgan fingerprint density at radius 1 is 1.33 bits per heavy atom. The number of rotatable bonds is 2. The fourth-order valence-electron chi connectivity index (χ4n) is 4.12. The molecule has 21 heavy (non-hydrogen) atoms. The van der Waals surface area contributed by atoms with Crippen LogP contribution < -0.4 is 5.32 Å². The van der Waals surface area contributed by atoms with Crippen LogP contribution in [0.4, 0.5) is 4.79 Å². The van der Waals surface area contributed by atoms with E-state index in [0.29, 0.717) is 6.04 Å². The zero-order chi connectivity index (χ0) is 15.8. The minimum Gasteiger partial charge on any atom is -0.465 e. The maximum Gasteiger partial charge on any atom is 0.404 e. The molecule has 2 aliphatic rings. The zero-order valence-corrected chi connectivity index (χ0v) is 14.0. The smallest absolute Gasteiger partial charge is 0.404 e. The van der Waals surface area contributed by atoms with Crippen LogP contribution in [0.5, 0.6) is 0 Å². The first-order valence-corrected chi connectivity index (χ1v) is 7.99. The second kappa shape index (κ2) is 5.76. The van der Waals surface area contributed by atoms with E-state index < -0.39 is 6.09 Å². The Morgan fingerprint density at radius 3 is 2.52 bits per heavy atom. The molecule has 122 valence electrons. The third-order valence-corrected chi connectivity index (χ3v) is 4.77. The first kappa shape index (κ1) is 16.6. The van der Waals surface area contributed by atoms with Gasteiger partial charge < -0.3 is 15.2 Å². The Morgan fingerprint density at radius 2 is 2.00 bits per heavy atom. The number of carbonyl (C=O) groups is 1. The van der Waals surface area contributed by atoms with E-state index in [0.717, 1.165) is 32.4 Å². The van der Waals surface area contributed by atoms with Crippen LogP contribution in [-0.4, -0.2) is 53.0 Å². The van der Waals surface area contributed by atoms with E-state index in [1.54, 1.807) is 0 Å². The summed E-state index contributed by atoms with van der Waals surface area (Å²) in [5.74, 6) is 0. The SMILES string of the molecule is CC1(C)CC(N2CC[C@@H](NC(=O)O)C2C(C)(C)C)CCO1. The largest absolute Gasteiger partial charge is 0.465 e. The van der Waals surface area contributed by atoms with Gasteiger partial charge in [0.05, 0.1) is 5.60 Å². The molecule has 0 bridgehead atoms. The second-order valence-electron chi connectivity index (χ2n) is 8.15. The zero-order valence-electron chi connectivity index (χ0n) is 14.0. The van der Waals surface area contributed by atoms with Crippen LogP contribution in [0, 0.1) is 5.41 Å². The molecule has 2 saturated heterocycles. The molecular weight excluding hydrogens is 268 g/mol. The highest BCUT2D eigenvalue weighted by Gasteiger charge is 2.46. The number of likely N-dealkylation sites (tertiary alicyclic amines) is 1. The topological polar surface area (TPSA) is 61.8 Å². The molecule has 2 unspecified atom stereocenters. The first-order valence-electron chi connectivity index (χ1n) is 7.99. The van der Waals surface area contributed by atoms with Crippen molar-refractivity contribution in [3.05, 3.63) is 0 Å². The summed E-state index contributed by atoms with van der Waals surface area (Å²) in [6, 6.07) is 0.750. The Balaban J connectivity index is 2.16.